The fourth-order valence-electron chi connectivity index (χ4n) is 2.97. The van der Waals surface area contributed by atoms with Gasteiger partial charge < -0.3 is 5.32 Å². The van der Waals surface area contributed by atoms with Gasteiger partial charge in [0.25, 0.3) is 26.1 Å². The maximum atomic E-state index is 13.3. The summed E-state index contributed by atoms with van der Waals surface area (Å²) in [5.74, 6) is -1.80. The normalized spacial score (nSPS) is 14.9. The van der Waals surface area contributed by atoms with Crippen molar-refractivity contribution in [2.24, 2.45) is 5.10 Å². The van der Waals surface area contributed by atoms with E-state index < -0.39 is 47.4 Å². The molecule has 13 heteroatoms. The first-order valence-electron chi connectivity index (χ1n) is 9.45. The summed E-state index contributed by atoms with van der Waals surface area (Å²) in [7, 11) is -9.82. The predicted octanol–water partition coefficient (Wildman–Crippen LogP) is 2.65. The second-order valence-electron chi connectivity index (χ2n) is 7.40. The number of carbonyl (C=O) groups excluding carboxylic acids is 2. The van der Waals surface area contributed by atoms with Crippen molar-refractivity contribution >= 4 is 55.1 Å². The fourth-order valence-corrected chi connectivity index (χ4v) is 4.17. The minimum atomic E-state index is -5.00. The molecule has 0 fully saturated rings. The molecule has 0 heterocycles. The van der Waals surface area contributed by atoms with Crippen molar-refractivity contribution in [2.45, 2.75) is 18.7 Å². The minimum Gasteiger partial charge on any atom is -0.322 e. The summed E-state index contributed by atoms with van der Waals surface area (Å²) in [6.45, 7) is 6.67. The van der Waals surface area contributed by atoms with Crippen molar-refractivity contribution in [1.82, 2.24) is 0 Å². The quantitative estimate of drug-likeness (QED) is 0.261. The number of hydrogen-bond donors (Lipinski definition) is 4. The predicted molar refractivity (Wildman–Crippen MR) is 126 cm³/mol. The molecule has 4 N–H and O–H groups in total. The van der Waals surface area contributed by atoms with Gasteiger partial charge in [0.15, 0.2) is 5.71 Å². The van der Waals surface area contributed by atoms with Gasteiger partial charge in [-0.15, -0.1) is 0 Å². The topological polar surface area (TPSA) is 179 Å². The molecule has 0 spiro atoms. The Bertz CT molecular complexity index is 1500. The Morgan fingerprint density at radius 2 is 1.65 bits per heavy atom. The third kappa shape index (κ3) is 5.28. The molecule has 0 bridgehead atoms. The van der Waals surface area contributed by atoms with Crippen LogP contribution in [0.1, 0.15) is 28.4 Å². The molecule has 1 aliphatic carbocycles. The Kier molecular flexibility index (Phi) is 6.57. The van der Waals surface area contributed by atoms with E-state index in [-0.39, 0.29) is 22.4 Å². The summed E-state index contributed by atoms with van der Waals surface area (Å²) in [6.07, 6.45) is 0.812. The number of nitrogens with zero attached hydrogens (tertiary/aromatic N) is 1. The first-order chi connectivity index (χ1) is 15.7. The molecule has 0 atom stereocenters. The lowest BCUT2D eigenvalue weighted by Crippen LogP contribution is -2.29. The van der Waals surface area contributed by atoms with E-state index in [1.165, 1.54) is 6.92 Å². The number of Topliss-reactive ketones (excluding diaryl/α,β-unsaturated/α-hetero) is 1. The smallest absolute Gasteiger partial charge is 0.296 e. The van der Waals surface area contributed by atoms with Gasteiger partial charge >= 0.3 is 0 Å². The molecule has 3 rings (SSSR count). The number of amides is 1. The van der Waals surface area contributed by atoms with Crippen molar-refractivity contribution < 1.29 is 35.5 Å². The Balaban J connectivity index is 2.26. The Morgan fingerprint density at radius 3 is 2.18 bits per heavy atom. The molecule has 0 aromatic heterocycles. The van der Waals surface area contributed by atoms with Gasteiger partial charge in [0, 0.05) is 5.57 Å². The highest BCUT2D eigenvalue weighted by Gasteiger charge is 2.36. The van der Waals surface area contributed by atoms with Crippen molar-refractivity contribution in [3.05, 3.63) is 70.1 Å². The van der Waals surface area contributed by atoms with Gasteiger partial charge in [-0.3, -0.25) is 24.1 Å². The van der Waals surface area contributed by atoms with Crippen LogP contribution in [0.3, 0.4) is 0 Å². The summed E-state index contributed by atoms with van der Waals surface area (Å²) in [5, 5.41) is 6.16. The van der Waals surface area contributed by atoms with Crippen LogP contribution in [0.25, 0.3) is 6.08 Å². The highest BCUT2D eigenvalue weighted by atomic mass is 32.2. The molecular formula is C21H19N3O8S2. The first kappa shape index (κ1) is 25.0. The summed E-state index contributed by atoms with van der Waals surface area (Å²) >= 11 is 0. The van der Waals surface area contributed by atoms with Crippen LogP contribution in [0.2, 0.25) is 0 Å². The lowest BCUT2D eigenvalue weighted by Gasteiger charge is -2.20. The summed E-state index contributed by atoms with van der Waals surface area (Å²) in [6, 6.07) is 8.38. The van der Waals surface area contributed by atoms with Crippen LogP contribution >= 0.6 is 0 Å². The molecule has 2 aromatic carbocycles. The van der Waals surface area contributed by atoms with Crippen LogP contribution in [0.5, 0.6) is 0 Å². The Morgan fingerprint density at radius 1 is 1.03 bits per heavy atom. The average Bonchev–Trinajstić information content (AvgIpc) is 2.72. The molecule has 1 aliphatic rings. The number of carbonyl (C=O) groups is 2. The van der Waals surface area contributed by atoms with E-state index in [4.69, 9.17) is 0 Å². The lowest BCUT2D eigenvalue weighted by atomic mass is 9.92. The maximum absolute atomic E-state index is 13.3. The van der Waals surface area contributed by atoms with E-state index in [1.54, 1.807) is 24.3 Å². The Labute approximate surface area is 195 Å². The SMILES string of the molecule is C=C(C)C(=O)Nc1cc(S(=O)(=O)O)cc2c1C(=O)/C(=N\Nc1ccc(C)cc1)C(S(=O)(=O)O)=C2. The number of hydrazone groups is 1. The summed E-state index contributed by atoms with van der Waals surface area (Å²) in [4.78, 5) is 23.9. The molecular weight excluding hydrogens is 486 g/mol. The van der Waals surface area contributed by atoms with Gasteiger partial charge in [-0.05, 0) is 49.8 Å². The van der Waals surface area contributed by atoms with E-state index in [1.807, 2.05) is 6.92 Å². The third-order valence-corrected chi connectivity index (χ3v) is 6.36. The number of aryl methyl sites for hydroxylation is 1. The monoisotopic (exact) mass is 505 g/mol. The maximum Gasteiger partial charge on any atom is 0.296 e. The van der Waals surface area contributed by atoms with Crippen molar-refractivity contribution in [1.29, 1.82) is 0 Å². The number of rotatable bonds is 6. The number of allylic oxidation sites excluding steroid dienone is 1. The van der Waals surface area contributed by atoms with Gasteiger partial charge in [0.05, 0.1) is 21.8 Å². The number of hydrogen-bond acceptors (Lipinski definition) is 8. The largest absolute Gasteiger partial charge is 0.322 e. The minimum absolute atomic E-state index is 0.0263. The van der Waals surface area contributed by atoms with E-state index >= 15 is 0 Å². The molecule has 11 nitrogen and oxygen atoms in total. The third-order valence-electron chi connectivity index (χ3n) is 4.66. The van der Waals surface area contributed by atoms with E-state index in [0.29, 0.717) is 5.69 Å². The average molecular weight is 506 g/mol. The highest BCUT2D eigenvalue weighted by Crippen LogP contribution is 2.33. The van der Waals surface area contributed by atoms with Gasteiger partial charge in [-0.1, -0.05) is 24.3 Å². The van der Waals surface area contributed by atoms with E-state index in [9.17, 15) is 35.5 Å². The molecule has 178 valence electrons. The molecule has 0 saturated heterocycles. The standard InChI is InChI=1S/C21H19N3O8S2/c1-11(2)21(26)22-16-10-15(33(27,28)29)8-13-9-17(34(30,31)32)19(20(25)18(13)16)24-23-14-6-4-12(3)5-7-14/h4-10,23H,1H2,2-3H3,(H,22,26)(H,27,28,29)(H,30,31,32)/b24-19-. The molecule has 0 saturated carbocycles. The lowest BCUT2D eigenvalue weighted by molar-refractivity contribution is -0.112. The van der Waals surface area contributed by atoms with Crippen LogP contribution in [-0.2, 0) is 25.0 Å². The number of ketones is 1. The van der Waals surface area contributed by atoms with E-state index in [0.717, 1.165) is 23.8 Å². The first-order valence-corrected chi connectivity index (χ1v) is 12.3. The Hall–Kier alpha value is -3.65. The zero-order chi connectivity index (χ0) is 25.4. The summed E-state index contributed by atoms with van der Waals surface area (Å²) in [5.41, 5.74) is 2.26. The fraction of sp³-hybridized carbons (Fsp3) is 0.0952. The van der Waals surface area contributed by atoms with Crippen molar-refractivity contribution in [3.8, 4) is 0 Å². The van der Waals surface area contributed by atoms with Crippen LogP contribution < -0.4 is 10.7 Å². The van der Waals surface area contributed by atoms with Crippen molar-refractivity contribution in [2.75, 3.05) is 10.7 Å². The number of fused-ring (bicyclic) bond motifs is 1. The van der Waals surface area contributed by atoms with Crippen LogP contribution in [0.15, 0.2) is 63.5 Å². The highest BCUT2D eigenvalue weighted by molar-refractivity contribution is 7.91. The molecule has 1 amide bonds. The molecule has 34 heavy (non-hydrogen) atoms. The van der Waals surface area contributed by atoms with E-state index in [2.05, 4.69) is 22.4 Å². The van der Waals surface area contributed by atoms with Crippen LogP contribution in [0.4, 0.5) is 11.4 Å². The zero-order valence-electron chi connectivity index (χ0n) is 17.9. The van der Waals surface area contributed by atoms with Gasteiger partial charge in [0.2, 0.25) is 5.78 Å². The molecule has 0 aliphatic heterocycles. The van der Waals surface area contributed by atoms with Gasteiger partial charge in [-0.2, -0.15) is 21.9 Å². The molecule has 2 aromatic rings. The molecule has 0 unspecified atom stereocenters. The summed E-state index contributed by atoms with van der Waals surface area (Å²) < 4.78 is 66.6. The number of nitrogens with one attached hydrogen (secondary N) is 2. The van der Waals surface area contributed by atoms with Crippen LogP contribution in [-0.4, -0.2) is 43.3 Å². The van der Waals surface area contributed by atoms with Crippen LogP contribution in [0, 0.1) is 6.92 Å². The second kappa shape index (κ2) is 8.95. The van der Waals surface area contributed by atoms with Gasteiger partial charge in [0.1, 0.15) is 4.91 Å². The van der Waals surface area contributed by atoms with Crippen molar-refractivity contribution in [3.63, 3.8) is 0 Å². The van der Waals surface area contributed by atoms with Gasteiger partial charge in [-0.25, -0.2) is 0 Å². The zero-order valence-corrected chi connectivity index (χ0v) is 19.5. The second-order valence-corrected chi connectivity index (χ2v) is 10.2. The number of benzene rings is 2. The number of anilines is 2. The molecule has 0 radical (unpaired) electrons.